The number of likely N-dealkylation sites (tertiary alicyclic amines) is 1. The number of nitrogens with zero attached hydrogens (tertiary/aromatic N) is 1. The molecule has 1 aromatic rings. The van der Waals surface area contributed by atoms with Crippen LogP contribution in [0, 0.1) is 6.92 Å². The summed E-state index contributed by atoms with van der Waals surface area (Å²) in [5.41, 5.74) is 0.744. The fourth-order valence-corrected chi connectivity index (χ4v) is 2.46. The van der Waals surface area contributed by atoms with Crippen molar-refractivity contribution in [3.05, 3.63) is 29.3 Å². The van der Waals surface area contributed by atoms with E-state index in [-0.39, 0.29) is 24.1 Å². The lowest BCUT2D eigenvalue weighted by Crippen LogP contribution is -2.45. The lowest BCUT2D eigenvalue weighted by atomic mass is 10.1. The Morgan fingerprint density at radius 1 is 1.22 bits per heavy atom. The monoisotopic (exact) mass is 387 g/mol. The van der Waals surface area contributed by atoms with Crippen LogP contribution in [0.25, 0.3) is 0 Å². The summed E-state index contributed by atoms with van der Waals surface area (Å²) in [4.78, 5) is 25.8. The van der Waals surface area contributed by atoms with E-state index in [0.29, 0.717) is 24.2 Å². The van der Waals surface area contributed by atoms with Crippen molar-refractivity contribution in [2.45, 2.75) is 32.5 Å². The summed E-state index contributed by atoms with van der Waals surface area (Å²) in [6, 6.07) is 4.22. The number of aryl methyl sites for hydroxylation is 1. The number of alkyl halides is 3. The van der Waals surface area contributed by atoms with Crippen molar-refractivity contribution in [1.29, 1.82) is 0 Å². The van der Waals surface area contributed by atoms with Crippen LogP contribution < -0.4 is 15.4 Å². The van der Waals surface area contributed by atoms with E-state index in [4.69, 9.17) is 4.74 Å². The maximum absolute atomic E-state index is 12.6. The van der Waals surface area contributed by atoms with E-state index >= 15 is 0 Å². The van der Waals surface area contributed by atoms with E-state index in [9.17, 15) is 22.8 Å². The minimum atomic E-state index is -4.46. The molecule has 0 bridgehead atoms. The average molecular weight is 387 g/mol. The minimum absolute atomic E-state index is 0.0784. The molecular formula is C18H24F3N3O3. The molecule has 1 aliphatic heterocycles. The Hall–Kier alpha value is -2.29. The smallest absolute Gasteiger partial charge is 0.425 e. The molecule has 0 radical (unpaired) electrons. The Kier molecular flexibility index (Phi) is 7.06. The Bertz CT molecular complexity index is 676. The van der Waals surface area contributed by atoms with Gasteiger partial charge in [0.1, 0.15) is 5.75 Å². The average Bonchev–Trinajstić information content (AvgIpc) is 2.55. The van der Waals surface area contributed by atoms with Gasteiger partial charge in [-0.25, -0.2) is 0 Å². The molecule has 0 aromatic heterocycles. The first-order chi connectivity index (χ1) is 12.7. The van der Waals surface area contributed by atoms with E-state index in [0.717, 1.165) is 26.4 Å². The van der Waals surface area contributed by atoms with Crippen molar-refractivity contribution >= 4 is 11.8 Å². The summed E-state index contributed by atoms with van der Waals surface area (Å²) < 4.78 is 42.6. The maximum Gasteiger partial charge on any atom is 0.425 e. The molecule has 2 rings (SSSR count). The minimum Gasteiger partial charge on any atom is -0.481 e. The number of amides is 2. The van der Waals surface area contributed by atoms with E-state index in [1.54, 1.807) is 6.92 Å². The van der Waals surface area contributed by atoms with Crippen LogP contribution in [0.4, 0.5) is 13.2 Å². The molecule has 0 saturated carbocycles. The third-order valence-corrected chi connectivity index (χ3v) is 4.25. The molecule has 1 aromatic carbocycles. The highest BCUT2D eigenvalue weighted by molar-refractivity contribution is 5.94. The predicted octanol–water partition coefficient (Wildman–Crippen LogP) is 1.88. The molecule has 1 unspecified atom stereocenters. The lowest BCUT2D eigenvalue weighted by Gasteiger charge is -2.29. The first kappa shape index (κ1) is 21.0. The Balaban J connectivity index is 1.77. The van der Waals surface area contributed by atoms with E-state index in [2.05, 4.69) is 10.6 Å². The summed E-state index contributed by atoms with van der Waals surface area (Å²) in [5, 5.41) is 5.38. The van der Waals surface area contributed by atoms with Crippen molar-refractivity contribution in [2.24, 2.45) is 0 Å². The largest absolute Gasteiger partial charge is 0.481 e. The van der Waals surface area contributed by atoms with Crippen LogP contribution in [0.2, 0.25) is 0 Å². The van der Waals surface area contributed by atoms with Crippen molar-refractivity contribution in [3.63, 3.8) is 0 Å². The summed E-state index contributed by atoms with van der Waals surface area (Å²) in [6.45, 7) is 5.30. The molecule has 9 heteroatoms. The van der Waals surface area contributed by atoms with Crippen molar-refractivity contribution in [1.82, 2.24) is 15.5 Å². The molecule has 2 N–H and O–H groups in total. The molecule has 27 heavy (non-hydrogen) atoms. The normalized spacial score (nSPS) is 15.6. The summed E-state index contributed by atoms with van der Waals surface area (Å²) in [7, 11) is 0. The molecule has 1 atom stereocenters. The van der Waals surface area contributed by atoms with Gasteiger partial charge in [-0.1, -0.05) is 0 Å². The highest BCUT2D eigenvalue weighted by Gasteiger charge is 2.38. The number of halogens is 3. The third kappa shape index (κ3) is 6.42. The summed E-state index contributed by atoms with van der Waals surface area (Å²) in [6.07, 6.45) is -5.28. The zero-order chi connectivity index (χ0) is 20.0. The van der Waals surface area contributed by atoms with Gasteiger partial charge in [-0.15, -0.1) is 0 Å². The molecule has 150 valence electrons. The number of carbonyl (C=O) groups excluding carboxylic acids is 2. The quantitative estimate of drug-likeness (QED) is 0.669. The van der Waals surface area contributed by atoms with Crippen molar-refractivity contribution in [2.75, 3.05) is 32.7 Å². The SMILES string of the molecule is Cc1cc(C(=O)NCCNC(=O)CN2CCC2)ccc1OC(C)C(F)(F)F. The molecular weight excluding hydrogens is 363 g/mol. The van der Waals surface area contributed by atoms with Crippen LogP contribution in [0.3, 0.4) is 0 Å². The fourth-order valence-electron chi connectivity index (χ4n) is 2.46. The van der Waals surface area contributed by atoms with Crippen LogP contribution >= 0.6 is 0 Å². The summed E-state index contributed by atoms with van der Waals surface area (Å²) >= 11 is 0. The standard InChI is InChI=1S/C18H24F3N3O3/c1-12-10-14(4-5-15(12)27-13(2)18(19,20)21)17(26)23-7-6-22-16(25)11-24-8-3-9-24/h4-5,10,13H,3,6-9,11H2,1-2H3,(H,22,25)(H,23,26). The maximum atomic E-state index is 12.6. The number of carbonyl (C=O) groups is 2. The number of benzene rings is 1. The number of rotatable bonds is 8. The van der Waals surface area contributed by atoms with Gasteiger partial charge in [0.05, 0.1) is 6.54 Å². The van der Waals surface area contributed by atoms with Gasteiger partial charge in [-0.3, -0.25) is 14.5 Å². The van der Waals surface area contributed by atoms with Gasteiger partial charge in [0.25, 0.3) is 5.91 Å². The van der Waals surface area contributed by atoms with Crippen molar-refractivity contribution in [3.8, 4) is 5.75 Å². The van der Waals surface area contributed by atoms with Gasteiger partial charge in [0.2, 0.25) is 5.91 Å². The molecule has 1 aliphatic rings. The Morgan fingerprint density at radius 3 is 2.44 bits per heavy atom. The zero-order valence-electron chi connectivity index (χ0n) is 15.4. The summed E-state index contributed by atoms with van der Waals surface area (Å²) in [5.74, 6) is -0.375. The van der Waals surface area contributed by atoms with Crippen molar-refractivity contribution < 1.29 is 27.5 Å². The van der Waals surface area contributed by atoms with E-state index in [1.807, 2.05) is 4.90 Å². The second-order valence-electron chi connectivity index (χ2n) is 6.52. The molecule has 6 nitrogen and oxygen atoms in total. The van der Waals surface area contributed by atoms with E-state index in [1.165, 1.54) is 18.2 Å². The topological polar surface area (TPSA) is 70.7 Å². The van der Waals surface area contributed by atoms with Crippen LogP contribution in [0.5, 0.6) is 5.75 Å². The fraction of sp³-hybridized carbons (Fsp3) is 0.556. The second-order valence-corrected chi connectivity index (χ2v) is 6.52. The Morgan fingerprint density at radius 2 is 1.89 bits per heavy atom. The van der Waals surface area contributed by atoms with Crippen LogP contribution in [0.1, 0.15) is 29.3 Å². The second kappa shape index (κ2) is 9.07. The molecule has 1 fully saturated rings. The van der Waals surface area contributed by atoms with Crippen LogP contribution in [-0.2, 0) is 4.79 Å². The Labute approximate surface area is 156 Å². The predicted molar refractivity (Wildman–Crippen MR) is 93.7 cm³/mol. The van der Waals surface area contributed by atoms with Gasteiger partial charge in [0, 0.05) is 18.7 Å². The molecule has 0 aliphatic carbocycles. The van der Waals surface area contributed by atoms with Gasteiger partial charge >= 0.3 is 6.18 Å². The molecule has 2 amide bonds. The third-order valence-electron chi connectivity index (χ3n) is 4.25. The first-order valence-electron chi connectivity index (χ1n) is 8.78. The molecule has 1 heterocycles. The van der Waals surface area contributed by atoms with Gasteiger partial charge in [-0.2, -0.15) is 13.2 Å². The highest BCUT2D eigenvalue weighted by Crippen LogP contribution is 2.27. The first-order valence-corrected chi connectivity index (χ1v) is 8.78. The number of ether oxygens (including phenoxy) is 1. The zero-order valence-corrected chi connectivity index (χ0v) is 15.4. The molecule has 0 spiro atoms. The van der Waals surface area contributed by atoms with Gasteiger partial charge < -0.3 is 15.4 Å². The van der Waals surface area contributed by atoms with Gasteiger partial charge in [0.15, 0.2) is 6.10 Å². The number of nitrogens with one attached hydrogen (secondary N) is 2. The van der Waals surface area contributed by atoms with E-state index < -0.39 is 12.3 Å². The highest BCUT2D eigenvalue weighted by atomic mass is 19.4. The van der Waals surface area contributed by atoms with Gasteiger partial charge in [-0.05, 0) is 57.1 Å². The lowest BCUT2D eigenvalue weighted by molar-refractivity contribution is -0.189. The number of hydrogen-bond acceptors (Lipinski definition) is 4. The number of hydrogen-bond donors (Lipinski definition) is 2. The molecule has 1 saturated heterocycles. The van der Waals surface area contributed by atoms with Crippen LogP contribution in [0.15, 0.2) is 18.2 Å². The van der Waals surface area contributed by atoms with Crippen LogP contribution in [-0.4, -0.2) is 61.7 Å².